The molecule has 19 heavy (non-hydrogen) atoms. The quantitative estimate of drug-likeness (QED) is 0.844. The topological polar surface area (TPSA) is 41.9 Å². The largest absolute Gasteiger partial charge is 0.357 e. The van der Waals surface area contributed by atoms with E-state index >= 15 is 0 Å². The number of nitrogens with zero attached hydrogens (tertiary/aromatic N) is 2. The first-order valence-corrected chi connectivity index (χ1v) is 7.04. The lowest BCUT2D eigenvalue weighted by Gasteiger charge is -2.11. The van der Waals surface area contributed by atoms with E-state index in [9.17, 15) is 0 Å². The molecule has 0 aliphatic carbocycles. The van der Waals surface area contributed by atoms with Crippen LogP contribution in [-0.4, -0.2) is 14.9 Å². The van der Waals surface area contributed by atoms with Crippen LogP contribution in [0, 0.1) is 6.92 Å². The first-order valence-electron chi connectivity index (χ1n) is 5.84. The van der Waals surface area contributed by atoms with Crippen molar-refractivity contribution < 1.29 is 0 Å². The van der Waals surface area contributed by atoms with Gasteiger partial charge < -0.3 is 10.6 Å². The highest BCUT2D eigenvalue weighted by Crippen LogP contribution is 2.14. The number of thiocarbonyl (C=S) groups is 1. The molecule has 0 saturated carbocycles. The van der Waals surface area contributed by atoms with Crippen molar-refractivity contribution in [2.24, 2.45) is 7.05 Å². The molecule has 4 nitrogen and oxygen atoms in total. The smallest absolute Gasteiger partial charge is 0.171 e. The molecular formula is C13H15BrN4S. The molecular weight excluding hydrogens is 324 g/mol. The molecule has 2 rings (SSSR count). The summed E-state index contributed by atoms with van der Waals surface area (Å²) in [6.07, 6.45) is 1.77. The van der Waals surface area contributed by atoms with Crippen LogP contribution in [0.4, 0.5) is 5.69 Å². The Morgan fingerprint density at radius 1 is 1.47 bits per heavy atom. The van der Waals surface area contributed by atoms with Crippen LogP contribution in [0.5, 0.6) is 0 Å². The van der Waals surface area contributed by atoms with Gasteiger partial charge in [-0.2, -0.15) is 5.10 Å². The third-order valence-electron chi connectivity index (χ3n) is 2.70. The van der Waals surface area contributed by atoms with E-state index in [2.05, 4.69) is 44.7 Å². The maximum absolute atomic E-state index is 5.27. The van der Waals surface area contributed by atoms with Gasteiger partial charge in [0.05, 0.1) is 22.9 Å². The number of nitrogens with one attached hydrogen (secondary N) is 2. The lowest BCUT2D eigenvalue weighted by Crippen LogP contribution is -2.28. The van der Waals surface area contributed by atoms with Crippen molar-refractivity contribution in [3.8, 4) is 0 Å². The summed E-state index contributed by atoms with van der Waals surface area (Å²) < 4.78 is 2.78. The Bertz CT molecular complexity index is 575. The number of aromatic nitrogens is 2. The fourth-order valence-corrected chi connectivity index (χ4v) is 2.38. The van der Waals surface area contributed by atoms with Gasteiger partial charge in [-0.25, -0.2) is 0 Å². The molecule has 0 aliphatic rings. The molecule has 1 aromatic heterocycles. The molecule has 0 aliphatic heterocycles. The Labute approximate surface area is 126 Å². The lowest BCUT2D eigenvalue weighted by atomic mass is 10.2. The Balaban J connectivity index is 1.92. The number of rotatable bonds is 3. The zero-order chi connectivity index (χ0) is 13.8. The van der Waals surface area contributed by atoms with Crippen molar-refractivity contribution in [2.45, 2.75) is 13.5 Å². The van der Waals surface area contributed by atoms with Crippen LogP contribution in [-0.2, 0) is 13.6 Å². The molecule has 0 atom stereocenters. The van der Waals surface area contributed by atoms with Gasteiger partial charge in [0.15, 0.2) is 5.11 Å². The van der Waals surface area contributed by atoms with Gasteiger partial charge in [0.2, 0.25) is 0 Å². The highest BCUT2D eigenvalue weighted by Gasteiger charge is 2.06. The molecule has 1 aromatic carbocycles. The predicted octanol–water partition coefficient (Wildman–Crippen LogP) is 2.98. The monoisotopic (exact) mass is 338 g/mol. The van der Waals surface area contributed by atoms with Crippen molar-refractivity contribution >= 4 is 38.9 Å². The van der Waals surface area contributed by atoms with E-state index in [1.807, 2.05) is 29.9 Å². The summed E-state index contributed by atoms with van der Waals surface area (Å²) >= 11 is 8.73. The molecule has 2 N–H and O–H groups in total. The summed E-state index contributed by atoms with van der Waals surface area (Å²) in [5, 5.41) is 11.1. The Hall–Kier alpha value is -1.40. The first-order chi connectivity index (χ1) is 9.06. The lowest BCUT2D eigenvalue weighted by molar-refractivity contribution is 0.693. The van der Waals surface area contributed by atoms with E-state index in [-0.39, 0.29) is 0 Å². The maximum atomic E-state index is 5.27. The molecule has 0 spiro atoms. The molecule has 1 heterocycles. The van der Waals surface area contributed by atoms with Crippen LogP contribution in [0.25, 0.3) is 0 Å². The summed E-state index contributed by atoms with van der Waals surface area (Å²) in [6, 6.07) is 8.08. The third kappa shape index (κ3) is 3.78. The second kappa shape index (κ2) is 6.16. The molecule has 0 amide bonds. The van der Waals surface area contributed by atoms with Crippen LogP contribution in [0.3, 0.4) is 0 Å². The Morgan fingerprint density at radius 3 is 2.89 bits per heavy atom. The van der Waals surface area contributed by atoms with Gasteiger partial charge in [0, 0.05) is 12.7 Å². The Morgan fingerprint density at radius 2 is 2.26 bits per heavy atom. The summed E-state index contributed by atoms with van der Waals surface area (Å²) in [5.41, 5.74) is 3.23. The second-order valence-electron chi connectivity index (χ2n) is 4.24. The van der Waals surface area contributed by atoms with Gasteiger partial charge in [-0.15, -0.1) is 0 Å². The van der Waals surface area contributed by atoms with Crippen LogP contribution < -0.4 is 10.6 Å². The van der Waals surface area contributed by atoms with Gasteiger partial charge in [0.1, 0.15) is 0 Å². The van der Waals surface area contributed by atoms with Crippen molar-refractivity contribution in [1.82, 2.24) is 15.1 Å². The van der Waals surface area contributed by atoms with E-state index < -0.39 is 0 Å². The van der Waals surface area contributed by atoms with Crippen LogP contribution >= 0.6 is 28.1 Å². The van der Waals surface area contributed by atoms with Gasteiger partial charge in [0.25, 0.3) is 0 Å². The zero-order valence-corrected chi connectivity index (χ0v) is 13.2. The summed E-state index contributed by atoms with van der Waals surface area (Å²) in [7, 11) is 1.90. The average Bonchev–Trinajstić information content (AvgIpc) is 2.67. The number of halogens is 1. The van der Waals surface area contributed by atoms with Crippen LogP contribution in [0.15, 0.2) is 34.9 Å². The van der Waals surface area contributed by atoms with E-state index in [1.54, 1.807) is 6.20 Å². The van der Waals surface area contributed by atoms with Crippen LogP contribution in [0.2, 0.25) is 0 Å². The van der Waals surface area contributed by atoms with Gasteiger partial charge >= 0.3 is 0 Å². The highest BCUT2D eigenvalue weighted by molar-refractivity contribution is 9.10. The highest BCUT2D eigenvalue weighted by atomic mass is 79.9. The predicted molar refractivity (Wildman–Crippen MR) is 85.1 cm³/mol. The molecule has 0 unspecified atom stereocenters. The number of hydrogen-bond donors (Lipinski definition) is 2. The molecule has 0 saturated heterocycles. The molecule has 0 fully saturated rings. The van der Waals surface area contributed by atoms with E-state index in [4.69, 9.17) is 12.2 Å². The normalized spacial score (nSPS) is 10.3. The second-order valence-corrected chi connectivity index (χ2v) is 5.50. The first kappa shape index (κ1) is 14.0. The third-order valence-corrected chi connectivity index (χ3v) is 3.61. The number of benzene rings is 1. The van der Waals surface area contributed by atoms with E-state index in [0.717, 1.165) is 15.9 Å². The Kier molecular flexibility index (Phi) is 4.55. The molecule has 0 radical (unpaired) electrons. The SMILES string of the molecule is Cc1cccc(NC(=S)NCc2c(Br)cnn2C)c1. The zero-order valence-electron chi connectivity index (χ0n) is 10.8. The van der Waals surface area contributed by atoms with Gasteiger partial charge in [-0.3, -0.25) is 4.68 Å². The summed E-state index contributed by atoms with van der Waals surface area (Å²) in [6.45, 7) is 2.67. The number of aryl methyl sites for hydroxylation is 2. The number of hydrogen-bond acceptors (Lipinski definition) is 2. The standard InChI is InChI=1S/C13H15BrN4S/c1-9-4-3-5-10(6-9)17-13(19)15-8-12-11(14)7-16-18(12)2/h3-7H,8H2,1-2H3,(H2,15,17,19). The molecule has 100 valence electrons. The molecule has 2 aromatic rings. The summed E-state index contributed by atoms with van der Waals surface area (Å²) in [4.78, 5) is 0. The van der Waals surface area contributed by atoms with Crippen molar-refractivity contribution in [2.75, 3.05) is 5.32 Å². The molecule has 6 heteroatoms. The average molecular weight is 339 g/mol. The van der Waals surface area contributed by atoms with E-state index in [0.29, 0.717) is 11.7 Å². The number of anilines is 1. The van der Waals surface area contributed by atoms with Crippen LogP contribution in [0.1, 0.15) is 11.3 Å². The van der Waals surface area contributed by atoms with Gasteiger partial charge in [-0.05, 0) is 52.8 Å². The minimum atomic E-state index is 0.596. The van der Waals surface area contributed by atoms with Crippen molar-refractivity contribution in [1.29, 1.82) is 0 Å². The fraction of sp³-hybridized carbons (Fsp3) is 0.231. The van der Waals surface area contributed by atoms with Crippen molar-refractivity contribution in [3.05, 3.63) is 46.2 Å². The fourth-order valence-electron chi connectivity index (χ4n) is 1.70. The molecule has 0 bridgehead atoms. The summed E-state index contributed by atoms with van der Waals surface area (Å²) in [5.74, 6) is 0. The maximum Gasteiger partial charge on any atom is 0.171 e. The minimum Gasteiger partial charge on any atom is -0.357 e. The van der Waals surface area contributed by atoms with E-state index in [1.165, 1.54) is 5.56 Å². The minimum absolute atomic E-state index is 0.596. The van der Waals surface area contributed by atoms with Gasteiger partial charge in [-0.1, -0.05) is 12.1 Å². The van der Waals surface area contributed by atoms with Crippen molar-refractivity contribution in [3.63, 3.8) is 0 Å².